The minimum Gasteiger partial charge on any atom is -0.207 e. The van der Waals surface area contributed by atoms with Crippen molar-refractivity contribution in [1.82, 2.24) is 4.72 Å². The van der Waals surface area contributed by atoms with Crippen LogP contribution in [0.3, 0.4) is 0 Å². The first-order chi connectivity index (χ1) is 10.0. The van der Waals surface area contributed by atoms with Gasteiger partial charge in [-0.15, -0.1) is 0 Å². The Morgan fingerprint density at radius 2 is 1.43 bits per heavy atom. The second-order valence-corrected chi connectivity index (χ2v) is 7.10. The first kappa shape index (κ1) is 16.2. The zero-order valence-electron chi connectivity index (χ0n) is 11.8. The molecule has 0 aliphatic carbocycles. The Morgan fingerprint density at radius 1 is 0.905 bits per heavy atom. The fourth-order valence-corrected chi connectivity index (χ4v) is 3.30. The zero-order chi connectivity index (χ0) is 15.3. The average Bonchev–Trinajstić information content (AvgIpc) is 2.53. The standard InChI is InChI=1S/C16H18BrNO2S/c1-2-13-3-5-15(6-4-13)12-18-21(19,20)16-9-7-14(11-17)8-10-16/h3-10,18H,2,11-12H2,1H3. The van der Waals surface area contributed by atoms with E-state index in [0.29, 0.717) is 11.9 Å². The molecule has 0 heterocycles. The molecule has 0 saturated heterocycles. The summed E-state index contributed by atoms with van der Waals surface area (Å²) in [5, 5.41) is 0.713. The first-order valence-electron chi connectivity index (χ1n) is 6.77. The van der Waals surface area contributed by atoms with Gasteiger partial charge in [0.05, 0.1) is 4.90 Å². The van der Waals surface area contributed by atoms with Crippen molar-refractivity contribution in [2.75, 3.05) is 0 Å². The van der Waals surface area contributed by atoms with E-state index in [1.54, 1.807) is 24.3 Å². The molecule has 0 spiro atoms. The molecule has 0 atom stereocenters. The molecule has 0 unspecified atom stereocenters. The minimum absolute atomic E-state index is 0.289. The molecular weight excluding hydrogens is 350 g/mol. The number of aryl methyl sites for hydroxylation is 1. The zero-order valence-corrected chi connectivity index (χ0v) is 14.2. The summed E-state index contributed by atoms with van der Waals surface area (Å²) in [4.78, 5) is 0.289. The molecule has 2 rings (SSSR count). The van der Waals surface area contributed by atoms with Gasteiger partial charge in [0.15, 0.2) is 0 Å². The van der Waals surface area contributed by atoms with E-state index in [1.807, 2.05) is 24.3 Å². The molecule has 5 heteroatoms. The van der Waals surface area contributed by atoms with Crippen LogP contribution in [0, 0.1) is 0 Å². The number of alkyl halides is 1. The fourth-order valence-electron chi connectivity index (χ4n) is 1.91. The highest BCUT2D eigenvalue weighted by atomic mass is 79.9. The third-order valence-corrected chi connectivity index (χ3v) is 5.35. The summed E-state index contributed by atoms with van der Waals surface area (Å²) in [6, 6.07) is 14.8. The van der Waals surface area contributed by atoms with Crippen molar-refractivity contribution in [3.05, 3.63) is 65.2 Å². The second kappa shape index (κ2) is 7.20. The molecule has 21 heavy (non-hydrogen) atoms. The highest BCUT2D eigenvalue weighted by Gasteiger charge is 2.13. The van der Waals surface area contributed by atoms with Crippen molar-refractivity contribution >= 4 is 26.0 Å². The molecule has 3 nitrogen and oxygen atoms in total. The maximum atomic E-state index is 12.2. The Balaban J connectivity index is 2.05. The quantitative estimate of drug-likeness (QED) is 0.792. The van der Waals surface area contributed by atoms with E-state index in [2.05, 4.69) is 27.6 Å². The Hall–Kier alpha value is -1.17. The molecule has 0 saturated carbocycles. The molecule has 2 aromatic rings. The normalized spacial score (nSPS) is 11.5. The monoisotopic (exact) mass is 367 g/mol. The predicted octanol–water partition coefficient (Wildman–Crippen LogP) is 3.62. The van der Waals surface area contributed by atoms with E-state index in [1.165, 1.54) is 5.56 Å². The van der Waals surface area contributed by atoms with E-state index in [9.17, 15) is 8.42 Å². The van der Waals surface area contributed by atoms with Crippen molar-refractivity contribution in [2.45, 2.75) is 30.1 Å². The summed E-state index contributed by atoms with van der Waals surface area (Å²) in [5.74, 6) is 0. The SMILES string of the molecule is CCc1ccc(CNS(=O)(=O)c2ccc(CBr)cc2)cc1. The molecule has 1 N–H and O–H groups in total. The lowest BCUT2D eigenvalue weighted by Crippen LogP contribution is -2.23. The minimum atomic E-state index is -3.46. The van der Waals surface area contributed by atoms with E-state index in [0.717, 1.165) is 17.5 Å². The van der Waals surface area contributed by atoms with Gasteiger partial charge in [-0.25, -0.2) is 13.1 Å². The van der Waals surface area contributed by atoms with Gasteiger partial charge in [0.25, 0.3) is 0 Å². The van der Waals surface area contributed by atoms with Gasteiger partial charge in [-0.1, -0.05) is 59.3 Å². The lowest BCUT2D eigenvalue weighted by Gasteiger charge is -2.08. The van der Waals surface area contributed by atoms with Crippen molar-refractivity contribution in [3.63, 3.8) is 0 Å². The Labute approximate surface area is 134 Å². The number of benzene rings is 2. The van der Waals surface area contributed by atoms with Crippen LogP contribution in [0.5, 0.6) is 0 Å². The van der Waals surface area contributed by atoms with Gasteiger partial charge in [-0.2, -0.15) is 0 Å². The van der Waals surface area contributed by atoms with Crippen molar-refractivity contribution in [3.8, 4) is 0 Å². The van der Waals surface area contributed by atoms with E-state index in [-0.39, 0.29) is 4.90 Å². The molecule has 0 aromatic heterocycles. The van der Waals surface area contributed by atoms with E-state index < -0.39 is 10.0 Å². The van der Waals surface area contributed by atoms with Crippen LogP contribution in [0.4, 0.5) is 0 Å². The van der Waals surface area contributed by atoms with Gasteiger partial charge < -0.3 is 0 Å². The Morgan fingerprint density at radius 3 is 1.95 bits per heavy atom. The van der Waals surface area contributed by atoms with Crippen molar-refractivity contribution in [2.24, 2.45) is 0 Å². The largest absolute Gasteiger partial charge is 0.240 e. The number of rotatable bonds is 6. The van der Waals surface area contributed by atoms with Crippen LogP contribution >= 0.6 is 15.9 Å². The van der Waals surface area contributed by atoms with Crippen LogP contribution in [-0.2, 0) is 28.3 Å². The van der Waals surface area contributed by atoms with Gasteiger partial charge in [-0.05, 0) is 35.2 Å². The highest BCUT2D eigenvalue weighted by Crippen LogP contribution is 2.13. The highest BCUT2D eigenvalue weighted by molar-refractivity contribution is 9.08. The third-order valence-electron chi connectivity index (χ3n) is 3.29. The van der Waals surface area contributed by atoms with Crippen LogP contribution in [0.2, 0.25) is 0 Å². The number of hydrogen-bond acceptors (Lipinski definition) is 2. The lowest BCUT2D eigenvalue weighted by molar-refractivity contribution is 0.581. The van der Waals surface area contributed by atoms with Crippen LogP contribution in [0.15, 0.2) is 53.4 Å². The molecule has 2 aromatic carbocycles. The topological polar surface area (TPSA) is 46.2 Å². The summed E-state index contributed by atoms with van der Waals surface area (Å²) in [6.07, 6.45) is 0.978. The lowest BCUT2D eigenvalue weighted by atomic mass is 10.1. The molecule has 0 fully saturated rings. The third kappa shape index (κ3) is 4.40. The van der Waals surface area contributed by atoms with E-state index >= 15 is 0 Å². The molecule has 112 valence electrons. The van der Waals surface area contributed by atoms with Gasteiger partial charge in [0.2, 0.25) is 10.0 Å². The molecule has 0 amide bonds. The van der Waals surface area contributed by atoms with Crippen molar-refractivity contribution in [1.29, 1.82) is 0 Å². The van der Waals surface area contributed by atoms with Crippen LogP contribution in [0.25, 0.3) is 0 Å². The molecule has 0 radical (unpaired) electrons. The summed E-state index contributed by atoms with van der Waals surface area (Å²) in [7, 11) is -3.46. The second-order valence-electron chi connectivity index (χ2n) is 4.77. The van der Waals surface area contributed by atoms with Gasteiger partial charge in [0.1, 0.15) is 0 Å². The van der Waals surface area contributed by atoms with Crippen LogP contribution < -0.4 is 4.72 Å². The van der Waals surface area contributed by atoms with Crippen LogP contribution in [-0.4, -0.2) is 8.42 Å². The molecule has 0 aliphatic heterocycles. The number of halogens is 1. The summed E-state index contributed by atoms with van der Waals surface area (Å²) in [6.45, 7) is 2.39. The van der Waals surface area contributed by atoms with E-state index in [4.69, 9.17) is 0 Å². The summed E-state index contributed by atoms with van der Waals surface area (Å²) in [5.41, 5.74) is 3.24. The van der Waals surface area contributed by atoms with Gasteiger partial charge in [0, 0.05) is 11.9 Å². The number of hydrogen-bond donors (Lipinski definition) is 1. The maximum absolute atomic E-state index is 12.2. The Kier molecular flexibility index (Phi) is 5.56. The Bertz CT molecular complexity index is 679. The van der Waals surface area contributed by atoms with Crippen molar-refractivity contribution < 1.29 is 8.42 Å². The van der Waals surface area contributed by atoms with Gasteiger partial charge >= 0.3 is 0 Å². The predicted molar refractivity (Wildman–Crippen MR) is 88.9 cm³/mol. The summed E-state index contributed by atoms with van der Waals surface area (Å²) >= 11 is 3.34. The van der Waals surface area contributed by atoms with Gasteiger partial charge in [-0.3, -0.25) is 0 Å². The fraction of sp³-hybridized carbons (Fsp3) is 0.250. The first-order valence-corrected chi connectivity index (χ1v) is 9.38. The number of nitrogens with one attached hydrogen (secondary N) is 1. The smallest absolute Gasteiger partial charge is 0.207 e. The average molecular weight is 368 g/mol. The molecule has 0 aliphatic rings. The maximum Gasteiger partial charge on any atom is 0.240 e. The summed E-state index contributed by atoms with van der Waals surface area (Å²) < 4.78 is 27.0. The number of sulfonamides is 1. The molecule has 0 bridgehead atoms. The van der Waals surface area contributed by atoms with Crippen LogP contribution in [0.1, 0.15) is 23.6 Å². The molecular formula is C16H18BrNO2S.